The number of benzene rings is 2. The van der Waals surface area contributed by atoms with Gasteiger partial charge in [-0.15, -0.1) is 13.2 Å². The fourth-order valence-corrected chi connectivity index (χ4v) is 5.29. The first-order valence-electron chi connectivity index (χ1n) is 13.3. The lowest BCUT2D eigenvalue weighted by atomic mass is 9.90. The second-order valence-corrected chi connectivity index (χ2v) is 9.76. The summed E-state index contributed by atoms with van der Waals surface area (Å²) in [6, 6.07) is 22.0. The molecule has 4 heterocycles. The molecular formula is C32H36N6. The quantitative estimate of drug-likeness (QED) is 0.257. The van der Waals surface area contributed by atoms with E-state index in [1.807, 2.05) is 30.3 Å². The minimum atomic E-state index is 0.583. The molecule has 0 aliphatic carbocycles. The molecule has 1 aliphatic heterocycles. The summed E-state index contributed by atoms with van der Waals surface area (Å²) in [6.45, 7) is 10.1. The highest BCUT2D eigenvalue weighted by Gasteiger charge is 2.21. The molecule has 3 aromatic heterocycles. The lowest BCUT2D eigenvalue weighted by Gasteiger charge is -2.32. The highest BCUT2D eigenvalue weighted by molar-refractivity contribution is 5.77. The summed E-state index contributed by atoms with van der Waals surface area (Å²) < 4.78 is 4.28. The first kappa shape index (κ1) is 25.5. The molecule has 2 aromatic carbocycles. The minimum absolute atomic E-state index is 0.583. The Hall–Kier alpha value is -4.16. The Labute approximate surface area is 225 Å². The van der Waals surface area contributed by atoms with Crippen LogP contribution in [0.4, 0.5) is 5.69 Å². The molecule has 1 fully saturated rings. The van der Waals surface area contributed by atoms with Crippen molar-refractivity contribution in [2.24, 2.45) is 0 Å². The summed E-state index contributed by atoms with van der Waals surface area (Å²) in [5, 5.41) is 4.41. The van der Waals surface area contributed by atoms with Gasteiger partial charge in [-0.05, 0) is 84.9 Å². The number of anilines is 1. The fraction of sp³-hybridized carbons (Fsp3) is 0.250. The minimum Gasteiger partial charge on any atom is -0.388 e. The average Bonchev–Trinajstić information content (AvgIpc) is 3.66. The lowest BCUT2D eigenvalue weighted by molar-refractivity contribution is 0.204. The van der Waals surface area contributed by atoms with E-state index in [0.29, 0.717) is 5.92 Å². The molecule has 0 saturated carbocycles. The van der Waals surface area contributed by atoms with E-state index >= 15 is 0 Å². The van der Waals surface area contributed by atoms with Crippen molar-refractivity contribution in [2.75, 3.05) is 25.5 Å². The third-order valence-electron chi connectivity index (χ3n) is 7.42. The summed E-state index contributed by atoms with van der Waals surface area (Å²) >= 11 is 0. The molecule has 0 amide bonds. The summed E-state index contributed by atoms with van der Waals surface area (Å²) in [5.41, 5.74) is 7.37. The van der Waals surface area contributed by atoms with Crippen LogP contribution in [0.1, 0.15) is 35.4 Å². The molecule has 0 atom stereocenters. The van der Waals surface area contributed by atoms with Crippen LogP contribution in [-0.4, -0.2) is 44.1 Å². The lowest BCUT2D eigenvalue weighted by Crippen LogP contribution is -2.32. The van der Waals surface area contributed by atoms with Crippen molar-refractivity contribution >= 4 is 16.7 Å². The van der Waals surface area contributed by atoms with Gasteiger partial charge in [-0.25, -0.2) is 9.97 Å². The summed E-state index contributed by atoms with van der Waals surface area (Å²) in [7, 11) is 1.95. The topological polar surface area (TPSA) is 50.9 Å². The van der Waals surface area contributed by atoms with Crippen LogP contribution in [-0.2, 0) is 13.1 Å². The molecule has 0 spiro atoms. The molecule has 1 saturated heterocycles. The number of aromatic nitrogens is 4. The van der Waals surface area contributed by atoms with Gasteiger partial charge in [0.25, 0.3) is 0 Å². The Kier molecular flexibility index (Phi) is 8.00. The standard InChI is InChI=1S/C30H32N6.C2H4/c1-31-28-6-2-24(3-7-28)21-35-16-12-26-18-27(19-33-30(26)35)25-10-14-34(15-11-25)20-23-4-8-29(9-5-23)36-17-13-32-22-36;1-2/h2-9,12-13,16-19,22,25,31H,10-11,14-15,20-21H2,1H3;1-2H2. The Bertz CT molecular complexity index is 1430. The molecule has 1 aliphatic rings. The van der Waals surface area contributed by atoms with Gasteiger partial charge in [-0.3, -0.25) is 4.90 Å². The van der Waals surface area contributed by atoms with Crippen molar-refractivity contribution in [3.8, 4) is 5.69 Å². The van der Waals surface area contributed by atoms with E-state index in [-0.39, 0.29) is 0 Å². The van der Waals surface area contributed by atoms with Crippen LogP contribution in [0.15, 0.2) is 105 Å². The number of piperidine rings is 1. The maximum absolute atomic E-state index is 4.89. The SMILES string of the molecule is C=C.CNc1ccc(Cn2ccc3cc(C4CCN(Cc5ccc(-n6ccnc6)cc5)CC4)cnc32)cc1. The molecule has 0 bridgehead atoms. The van der Waals surface area contributed by atoms with Gasteiger partial charge in [0.1, 0.15) is 5.65 Å². The number of imidazole rings is 1. The van der Waals surface area contributed by atoms with Crippen molar-refractivity contribution in [3.63, 3.8) is 0 Å². The van der Waals surface area contributed by atoms with Crippen LogP contribution in [0.5, 0.6) is 0 Å². The van der Waals surface area contributed by atoms with Crippen LogP contribution in [0, 0.1) is 0 Å². The number of likely N-dealkylation sites (tertiary alicyclic amines) is 1. The second-order valence-electron chi connectivity index (χ2n) is 9.76. The largest absolute Gasteiger partial charge is 0.388 e. The molecule has 0 radical (unpaired) electrons. The van der Waals surface area contributed by atoms with Gasteiger partial charge in [0, 0.05) is 61.7 Å². The zero-order chi connectivity index (χ0) is 26.3. The van der Waals surface area contributed by atoms with Gasteiger partial charge in [0.2, 0.25) is 0 Å². The maximum atomic E-state index is 4.89. The van der Waals surface area contributed by atoms with Crippen molar-refractivity contribution in [2.45, 2.75) is 31.8 Å². The molecular weight excluding hydrogens is 468 g/mol. The normalized spacial score (nSPS) is 14.2. The number of nitrogens with one attached hydrogen (secondary N) is 1. The summed E-state index contributed by atoms with van der Waals surface area (Å²) in [4.78, 5) is 11.6. The maximum Gasteiger partial charge on any atom is 0.140 e. The van der Waals surface area contributed by atoms with E-state index in [1.54, 1.807) is 0 Å². The molecule has 194 valence electrons. The number of fused-ring (bicyclic) bond motifs is 1. The predicted molar refractivity (Wildman–Crippen MR) is 157 cm³/mol. The van der Waals surface area contributed by atoms with Crippen LogP contribution >= 0.6 is 0 Å². The van der Waals surface area contributed by atoms with Crippen molar-refractivity contribution < 1.29 is 0 Å². The monoisotopic (exact) mass is 504 g/mol. The highest BCUT2D eigenvalue weighted by atomic mass is 15.1. The zero-order valence-electron chi connectivity index (χ0n) is 22.1. The fourth-order valence-electron chi connectivity index (χ4n) is 5.29. The van der Waals surface area contributed by atoms with Crippen LogP contribution in [0.25, 0.3) is 16.7 Å². The second kappa shape index (κ2) is 11.9. The van der Waals surface area contributed by atoms with Gasteiger partial charge in [-0.1, -0.05) is 24.3 Å². The Morgan fingerprint density at radius 1 is 0.895 bits per heavy atom. The van der Waals surface area contributed by atoms with Gasteiger partial charge in [-0.2, -0.15) is 0 Å². The Morgan fingerprint density at radius 2 is 1.61 bits per heavy atom. The number of hydrogen-bond donors (Lipinski definition) is 1. The van der Waals surface area contributed by atoms with Crippen molar-refractivity contribution in [3.05, 3.63) is 122 Å². The Morgan fingerprint density at radius 3 is 2.29 bits per heavy atom. The first-order chi connectivity index (χ1) is 18.7. The highest BCUT2D eigenvalue weighted by Crippen LogP contribution is 2.30. The molecule has 0 unspecified atom stereocenters. The molecule has 38 heavy (non-hydrogen) atoms. The summed E-state index contributed by atoms with van der Waals surface area (Å²) in [6.07, 6.45) is 12.3. The first-order valence-corrected chi connectivity index (χ1v) is 13.3. The zero-order valence-corrected chi connectivity index (χ0v) is 22.1. The van der Waals surface area contributed by atoms with E-state index in [4.69, 9.17) is 4.98 Å². The molecule has 6 heteroatoms. The van der Waals surface area contributed by atoms with E-state index in [9.17, 15) is 0 Å². The van der Waals surface area contributed by atoms with Crippen molar-refractivity contribution in [1.82, 2.24) is 24.0 Å². The van der Waals surface area contributed by atoms with E-state index in [1.165, 1.54) is 34.9 Å². The van der Waals surface area contributed by atoms with E-state index < -0.39 is 0 Å². The summed E-state index contributed by atoms with van der Waals surface area (Å²) in [5.74, 6) is 0.583. The average molecular weight is 505 g/mol. The number of pyridine rings is 1. The Balaban J connectivity index is 0.00000144. The van der Waals surface area contributed by atoms with Gasteiger partial charge in [0.05, 0.1) is 6.33 Å². The van der Waals surface area contributed by atoms with Crippen LogP contribution in [0.3, 0.4) is 0 Å². The molecule has 5 aromatic rings. The number of hydrogen-bond acceptors (Lipinski definition) is 4. The van der Waals surface area contributed by atoms with Gasteiger partial charge in [0.15, 0.2) is 0 Å². The smallest absolute Gasteiger partial charge is 0.140 e. The number of rotatable bonds is 7. The molecule has 6 nitrogen and oxygen atoms in total. The van der Waals surface area contributed by atoms with Crippen molar-refractivity contribution in [1.29, 1.82) is 0 Å². The molecule has 1 N–H and O–H groups in total. The van der Waals surface area contributed by atoms with Gasteiger partial charge < -0.3 is 14.5 Å². The van der Waals surface area contributed by atoms with Gasteiger partial charge >= 0.3 is 0 Å². The third kappa shape index (κ3) is 5.71. The van der Waals surface area contributed by atoms with Crippen LogP contribution in [0.2, 0.25) is 0 Å². The van der Waals surface area contributed by atoms with E-state index in [0.717, 1.165) is 43.2 Å². The van der Waals surface area contributed by atoms with Crippen LogP contribution < -0.4 is 5.32 Å². The predicted octanol–water partition coefficient (Wildman–Crippen LogP) is 6.49. The van der Waals surface area contributed by atoms with E-state index in [2.05, 4.69) is 106 Å². The number of nitrogens with zero attached hydrogens (tertiary/aromatic N) is 5. The third-order valence-corrected chi connectivity index (χ3v) is 7.42. The molecule has 6 rings (SSSR count).